The minimum Gasteiger partial charge on any atom is -0.462 e. The highest BCUT2D eigenvalue weighted by Crippen LogP contribution is 2.17. The lowest BCUT2D eigenvalue weighted by Gasteiger charge is -2.18. The van der Waals surface area contributed by atoms with E-state index in [1.807, 2.05) is 0 Å². The van der Waals surface area contributed by atoms with Crippen LogP contribution in [0.4, 0.5) is 0 Å². The van der Waals surface area contributed by atoms with Crippen LogP contribution < -0.4 is 0 Å². The van der Waals surface area contributed by atoms with Crippen LogP contribution in [0.3, 0.4) is 0 Å². The summed E-state index contributed by atoms with van der Waals surface area (Å²) >= 11 is 0. The molecular weight excluding hydrogens is 949 g/mol. The average Bonchev–Trinajstić information content (AvgIpc) is 3.43. The van der Waals surface area contributed by atoms with Gasteiger partial charge in [-0.3, -0.25) is 14.4 Å². The molecule has 0 saturated heterocycles. The standard InChI is InChI=1S/C71H124O6/c1-4-7-10-13-16-19-22-24-25-26-27-28-29-30-31-32-33-34-35-36-37-38-39-40-41-42-43-44-45-47-49-52-55-58-61-64-70(73)76-67-68(66-75-69(72)63-60-57-54-51-48-21-18-15-12-9-6-3)77-71(74)65-62-59-56-53-50-46-23-20-17-14-11-8-5-2/h7,10-11,14,16,19-20,23-25,27-28,30-31,68H,4-6,8-9,12-13,15,17-18,21-22,26,29,32-67H2,1-3H3/b10-7-,14-11-,19-16-,23-20-,25-24-,28-27-,31-30-. The number of hydrogen-bond acceptors (Lipinski definition) is 6. The Hall–Kier alpha value is -3.41. The predicted octanol–water partition coefficient (Wildman–Crippen LogP) is 22.7. The van der Waals surface area contributed by atoms with Gasteiger partial charge in [0.05, 0.1) is 0 Å². The van der Waals surface area contributed by atoms with Crippen molar-refractivity contribution in [2.75, 3.05) is 13.2 Å². The smallest absolute Gasteiger partial charge is 0.306 e. The number of esters is 3. The van der Waals surface area contributed by atoms with Gasteiger partial charge in [0.1, 0.15) is 13.2 Å². The molecule has 0 heterocycles. The maximum absolute atomic E-state index is 12.8. The van der Waals surface area contributed by atoms with E-state index in [2.05, 4.69) is 106 Å². The van der Waals surface area contributed by atoms with E-state index in [0.717, 1.165) is 122 Å². The third kappa shape index (κ3) is 63.3. The summed E-state index contributed by atoms with van der Waals surface area (Å²) in [5, 5.41) is 0. The van der Waals surface area contributed by atoms with E-state index in [-0.39, 0.29) is 31.1 Å². The lowest BCUT2D eigenvalue weighted by molar-refractivity contribution is -0.167. The molecule has 0 aliphatic carbocycles. The molecule has 0 radical (unpaired) electrons. The maximum atomic E-state index is 12.8. The summed E-state index contributed by atoms with van der Waals surface area (Å²) in [5.74, 6) is -0.877. The van der Waals surface area contributed by atoms with Gasteiger partial charge in [-0.15, -0.1) is 0 Å². The van der Waals surface area contributed by atoms with Crippen molar-refractivity contribution in [2.45, 2.75) is 335 Å². The molecule has 0 aromatic rings. The summed E-state index contributed by atoms with van der Waals surface area (Å²) in [7, 11) is 0. The third-order valence-electron chi connectivity index (χ3n) is 14.4. The van der Waals surface area contributed by atoms with Crippen molar-refractivity contribution >= 4 is 17.9 Å². The fourth-order valence-corrected chi connectivity index (χ4v) is 9.45. The SMILES string of the molecule is CC/C=C\C/C=C\C/C=C\C/C=C\C/C=C\CCCCCCCCCCCCCCCCCCCCCC(=O)OCC(COC(=O)CCCCCCCCCCCCC)OC(=O)CCCCCCC/C=C\C/C=C\CCC. The molecule has 1 unspecified atom stereocenters. The van der Waals surface area contributed by atoms with Gasteiger partial charge >= 0.3 is 17.9 Å². The summed E-state index contributed by atoms with van der Waals surface area (Å²) < 4.78 is 16.9. The van der Waals surface area contributed by atoms with Crippen LogP contribution >= 0.6 is 0 Å². The third-order valence-corrected chi connectivity index (χ3v) is 14.4. The normalized spacial score (nSPS) is 12.6. The Kier molecular flexibility index (Phi) is 62.2. The largest absolute Gasteiger partial charge is 0.462 e. The lowest BCUT2D eigenvalue weighted by atomic mass is 10.0. The van der Waals surface area contributed by atoms with Gasteiger partial charge in [0, 0.05) is 19.3 Å². The molecule has 0 saturated carbocycles. The molecule has 0 aromatic carbocycles. The van der Waals surface area contributed by atoms with Crippen LogP contribution in [0, 0.1) is 0 Å². The van der Waals surface area contributed by atoms with Gasteiger partial charge in [-0.1, -0.05) is 305 Å². The first-order chi connectivity index (χ1) is 38.0. The molecule has 0 bridgehead atoms. The molecule has 0 amide bonds. The highest BCUT2D eigenvalue weighted by molar-refractivity contribution is 5.71. The molecule has 0 aliphatic rings. The monoisotopic (exact) mass is 1070 g/mol. The van der Waals surface area contributed by atoms with Crippen LogP contribution in [0.5, 0.6) is 0 Å². The van der Waals surface area contributed by atoms with Crippen LogP contribution in [0.15, 0.2) is 85.1 Å². The molecule has 0 rings (SSSR count). The van der Waals surface area contributed by atoms with Crippen molar-refractivity contribution in [1.29, 1.82) is 0 Å². The first-order valence-electron chi connectivity index (χ1n) is 33.1. The Morgan fingerprint density at radius 1 is 0.273 bits per heavy atom. The van der Waals surface area contributed by atoms with Crippen molar-refractivity contribution in [2.24, 2.45) is 0 Å². The highest BCUT2D eigenvalue weighted by Gasteiger charge is 2.19. The molecule has 77 heavy (non-hydrogen) atoms. The summed E-state index contributed by atoms with van der Waals surface area (Å²) in [5.41, 5.74) is 0. The van der Waals surface area contributed by atoms with E-state index in [9.17, 15) is 14.4 Å². The molecule has 444 valence electrons. The van der Waals surface area contributed by atoms with Gasteiger partial charge < -0.3 is 14.2 Å². The first-order valence-corrected chi connectivity index (χ1v) is 33.1. The second-order valence-electron chi connectivity index (χ2n) is 22.0. The number of hydrogen-bond donors (Lipinski definition) is 0. The topological polar surface area (TPSA) is 78.9 Å². The van der Waals surface area contributed by atoms with Gasteiger partial charge in [-0.2, -0.15) is 0 Å². The number of carbonyl (C=O) groups is 3. The molecule has 6 heteroatoms. The van der Waals surface area contributed by atoms with Crippen molar-refractivity contribution in [3.05, 3.63) is 85.1 Å². The number of rotatable bonds is 60. The molecule has 0 N–H and O–H groups in total. The molecule has 0 spiro atoms. The van der Waals surface area contributed by atoms with Crippen LogP contribution in [0.2, 0.25) is 0 Å². The summed E-state index contributed by atoms with van der Waals surface area (Å²) in [4.78, 5) is 38.2. The highest BCUT2D eigenvalue weighted by atomic mass is 16.6. The van der Waals surface area contributed by atoms with Crippen molar-refractivity contribution < 1.29 is 28.6 Å². The second kappa shape index (κ2) is 65.1. The summed E-state index contributed by atoms with van der Waals surface area (Å²) in [6.07, 6.45) is 86.2. The minimum absolute atomic E-state index is 0.0766. The van der Waals surface area contributed by atoms with E-state index in [4.69, 9.17) is 14.2 Å². The number of allylic oxidation sites excluding steroid dienone is 14. The Balaban J connectivity index is 4.04. The van der Waals surface area contributed by atoms with Crippen LogP contribution in [0.25, 0.3) is 0 Å². The van der Waals surface area contributed by atoms with Gasteiger partial charge in [0.2, 0.25) is 0 Å². The van der Waals surface area contributed by atoms with Crippen LogP contribution in [-0.4, -0.2) is 37.2 Å². The summed E-state index contributed by atoms with van der Waals surface area (Å²) in [6.45, 7) is 6.47. The maximum Gasteiger partial charge on any atom is 0.306 e. The van der Waals surface area contributed by atoms with Crippen LogP contribution in [-0.2, 0) is 28.6 Å². The van der Waals surface area contributed by atoms with Gasteiger partial charge in [0.25, 0.3) is 0 Å². The zero-order valence-corrected chi connectivity index (χ0v) is 51.0. The molecule has 6 nitrogen and oxygen atoms in total. The van der Waals surface area contributed by atoms with Crippen molar-refractivity contribution in [3.63, 3.8) is 0 Å². The van der Waals surface area contributed by atoms with Gasteiger partial charge in [-0.05, 0) is 89.9 Å². The quantitative estimate of drug-likeness (QED) is 0.0261. The first kappa shape index (κ1) is 73.6. The summed E-state index contributed by atoms with van der Waals surface area (Å²) in [6, 6.07) is 0. The molecule has 0 fully saturated rings. The van der Waals surface area contributed by atoms with Crippen molar-refractivity contribution in [3.8, 4) is 0 Å². The molecule has 0 aliphatic heterocycles. The fraction of sp³-hybridized carbons (Fsp3) is 0.761. The van der Waals surface area contributed by atoms with E-state index in [1.165, 1.54) is 167 Å². The zero-order valence-electron chi connectivity index (χ0n) is 51.0. The molecule has 1 atom stereocenters. The van der Waals surface area contributed by atoms with E-state index in [0.29, 0.717) is 19.3 Å². The Bertz CT molecular complexity index is 1470. The van der Waals surface area contributed by atoms with E-state index in [1.54, 1.807) is 0 Å². The van der Waals surface area contributed by atoms with Gasteiger partial charge in [0.15, 0.2) is 6.10 Å². The fourth-order valence-electron chi connectivity index (χ4n) is 9.45. The Labute approximate surface area is 477 Å². The molecular formula is C71H124O6. The number of ether oxygens (including phenoxy) is 3. The Morgan fingerprint density at radius 2 is 0.532 bits per heavy atom. The lowest BCUT2D eigenvalue weighted by Crippen LogP contribution is -2.30. The number of unbranched alkanes of at least 4 members (excludes halogenated alkanes) is 35. The van der Waals surface area contributed by atoms with E-state index < -0.39 is 6.10 Å². The predicted molar refractivity (Wildman–Crippen MR) is 334 cm³/mol. The second-order valence-corrected chi connectivity index (χ2v) is 22.0. The molecule has 0 aromatic heterocycles. The Morgan fingerprint density at radius 3 is 0.844 bits per heavy atom. The number of carbonyl (C=O) groups excluding carboxylic acids is 3. The van der Waals surface area contributed by atoms with Crippen LogP contribution in [0.1, 0.15) is 329 Å². The average molecular weight is 1070 g/mol. The van der Waals surface area contributed by atoms with Crippen molar-refractivity contribution in [1.82, 2.24) is 0 Å². The zero-order chi connectivity index (χ0) is 55.7. The minimum atomic E-state index is -0.779. The van der Waals surface area contributed by atoms with E-state index >= 15 is 0 Å². The van der Waals surface area contributed by atoms with Gasteiger partial charge in [-0.25, -0.2) is 0 Å².